The second-order valence-corrected chi connectivity index (χ2v) is 10.4. The zero-order valence-corrected chi connectivity index (χ0v) is 19.5. The molecular formula is C19H34N3O8P. The van der Waals surface area contributed by atoms with Gasteiger partial charge in [0.15, 0.2) is 11.6 Å². The summed E-state index contributed by atoms with van der Waals surface area (Å²) >= 11 is 0. The monoisotopic (exact) mass is 463 g/mol. The zero-order chi connectivity index (χ0) is 23.8. The van der Waals surface area contributed by atoms with Crippen LogP contribution in [0.25, 0.3) is 0 Å². The van der Waals surface area contributed by atoms with E-state index in [1.807, 2.05) is 0 Å². The van der Waals surface area contributed by atoms with Gasteiger partial charge in [-0.05, 0) is 33.1 Å². The molecule has 6 N–H and O–H groups in total. The highest BCUT2D eigenvalue weighted by Gasteiger charge is 2.51. The molecule has 0 bridgehead atoms. The van der Waals surface area contributed by atoms with Crippen LogP contribution in [0.3, 0.4) is 0 Å². The van der Waals surface area contributed by atoms with Crippen molar-refractivity contribution in [2.75, 3.05) is 5.73 Å². The van der Waals surface area contributed by atoms with Gasteiger partial charge in [0, 0.05) is 18.2 Å². The lowest BCUT2D eigenvalue weighted by Gasteiger charge is -2.38. The lowest BCUT2D eigenvalue weighted by molar-refractivity contribution is -0.0721. The standard InChI is InChI=1S/C19H34N3O8P/c1-6-18(5,30-31(27,28)19(26,7-2)8-3)9-12-13(23)14(24)16(29-12)22-10-11(4)15(20)21-17(22)25/h10,12-14,16,23-24,26H,6-9H2,1-5H3,(H,27,28)(H2,20,21,25)/t12-,13-,14-,16-,18-/m1/s1. The molecule has 12 heteroatoms. The van der Waals surface area contributed by atoms with Crippen molar-refractivity contribution < 1.29 is 34.0 Å². The van der Waals surface area contributed by atoms with E-state index in [2.05, 4.69) is 4.98 Å². The van der Waals surface area contributed by atoms with Crippen LogP contribution in [0.15, 0.2) is 11.0 Å². The summed E-state index contributed by atoms with van der Waals surface area (Å²) in [5, 5.41) is 29.7. The molecule has 0 radical (unpaired) electrons. The Kier molecular flexibility index (Phi) is 7.75. The number of hydrogen-bond donors (Lipinski definition) is 5. The second kappa shape index (κ2) is 9.27. The maximum absolute atomic E-state index is 12.9. The van der Waals surface area contributed by atoms with E-state index in [-0.39, 0.29) is 31.5 Å². The molecule has 1 fully saturated rings. The van der Waals surface area contributed by atoms with Gasteiger partial charge >= 0.3 is 13.3 Å². The van der Waals surface area contributed by atoms with E-state index in [1.165, 1.54) is 6.20 Å². The van der Waals surface area contributed by atoms with Crippen molar-refractivity contribution in [2.45, 2.75) is 95.8 Å². The summed E-state index contributed by atoms with van der Waals surface area (Å²) in [4.78, 5) is 26.4. The first kappa shape index (κ1) is 25.9. The van der Waals surface area contributed by atoms with Gasteiger partial charge in [0.05, 0.1) is 11.7 Å². The first-order valence-electron chi connectivity index (χ1n) is 10.4. The van der Waals surface area contributed by atoms with Gasteiger partial charge in [-0.25, -0.2) is 4.79 Å². The normalized spacial score (nSPS) is 28.3. The number of aliphatic hydroxyl groups excluding tert-OH is 2. The van der Waals surface area contributed by atoms with Crippen LogP contribution in [0, 0.1) is 6.92 Å². The number of aliphatic hydroxyl groups is 3. The minimum Gasteiger partial charge on any atom is -0.388 e. The van der Waals surface area contributed by atoms with Crippen molar-refractivity contribution in [1.82, 2.24) is 9.55 Å². The molecule has 31 heavy (non-hydrogen) atoms. The summed E-state index contributed by atoms with van der Waals surface area (Å²) in [6.07, 6.45) is -3.45. The van der Waals surface area contributed by atoms with Gasteiger partial charge in [0.1, 0.15) is 18.0 Å². The van der Waals surface area contributed by atoms with Crippen LogP contribution in [0.1, 0.15) is 65.2 Å². The van der Waals surface area contributed by atoms with Crippen molar-refractivity contribution in [2.24, 2.45) is 0 Å². The van der Waals surface area contributed by atoms with E-state index < -0.39 is 48.8 Å². The van der Waals surface area contributed by atoms with Crippen LogP contribution in [0.2, 0.25) is 0 Å². The van der Waals surface area contributed by atoms with Gasteiger partial charge in [-0.1, -0.05) is 20.8 Å². The third kappa shape index (κ3) is 5.03. The van der Waals surface area contributed by atoms with Gasteiger partial charge in [-0.2, -0.15) is 4.98 Å². The fraction of sp³-hybridized carbons (Fsp3) is 0.789. The summed E-state index contributed by atoms with van der Waals surface area (Å²) in [7, 11) is -4.46. The highest BCUT2D eigenvalue weighted by atomic mass is 31.2. The lowest BCUT2D eigenvalue weighted by Crippen LogP contribution is -2.40. The highest BCUT2D eigenvalue weighted by Crippen LogP contribution is 2.60. The zero-order valence-electron chi connectivity index (χ0n) is 18.6. The van der Waals surface area contributed by atoms with E-state index in [0.717, 1.165) is 4.57 Å². The number of aryl methyl sites for hydroxylation is 1. The largest absolute Gasteiger partial charge is 0.388 e. The molecule has 1 unspecified atom stereocenters. The molecule has 1 aromatic heterocycles. The van der Waals surface area contributed by atoms with Crippen LogP contribution in [-0.4, -0.2) is 59.0 Å². The fourth-order valence-corrected chi connectivity index (χ4v) is 5.36. The molecule has 0 aromatic carbocycles. The summed E-state index contributed by atoms with van der Waals surface area (Å²) < 4.78 is 25.2. The second-order valence-electron chi connectivity index (χ2n) is 8.35. The molecule has 2 rings (SSSR count). The molecular weight excluding hydrogens is 429 g/mol. The third-order valence-electron chi connectivity index (χ3n) is 6.17. The molecule has 0 amide bonds. The number of nitrogen functional groups attached to an aromatic ring is 1. The van der Waals surface area contributed by atoms with Gasteiger partial charge in [-0.3, -0.25) is 9.13 Å². The Morgan fingerprint density at radius 2 is 1.84 bits per heavy atom. The van der Waals surface area contributed by atoms with Gasteiger partial charge < -0.3 is 35.2 Å². The first-order valence-corrected chi connectivity index (χ1v) is 11.9. The SMILES string of the molecule is CCC(O)(CC)P(=O)(O)O[C@](C)(CC)C[C@H]1O[C@@H](n2cc(C)c(N)nc2=O)[C@H](O)[C@@H]1O. The molecule has 0 aliphatic carbocycles. The van der Waals surface area contributed by atoms with Gasteiger partial charge in [-0.15, -0.1) is 0 Å². The Labute approximate surface area is 181 Å². The molecule has 0 spiro atoms. The number of aromatic nitrogens is 2. The van der Waals surface area contributed by atoms with Crippen molar-refractivity contribution in [3.63, 3.8) is 0 Å². The van der Waals surface area contributed by atoms with Crippen molar-refractivity contribution in [3.8, 4) is 0 Å². The van der Waals surface area contributed by atoms with Crippen LogP contribution >= 0.6 is 7.60 Å². The quantitative estimate of drug-likeness (QED) is 0.332. The minimum atomic E-state index is -4.46. The molecule has 11 nitrogen and oxygen atoms in total. The minimum absolute atomic E-state index is 0.0207. The van der Waals surface area contributed by atoms with Crippen molar-refractivity contribution >= 4 is 13.4 Å². The van der Waals surface area contributed by atoms with Gasteiger partial charge in [0.25, 0.3) is 0 Å². The van der Waals surface area contributed by atoms with E-state index in [9.17, 15) is 29.6 Å². The number of anilines is 1. The van der Waals surface area contributed by atoms with E-state index in [1.54, 1.807) is 34.6 Å². The molecule has 2 heterocycles. The Bertz CT molecular complexity index is 889. The van der Waals surface area contributed by atoms with Gasteiger partial charge in [0.2, 0.25) is 0 Å². The van der Waals surface area contributed by atoms with Crippen LogP contribution in [-0.2, 0) is 13.8 Å². The predicted molar refractivity (Wildman–Crippen MR) is 113 cm³/mol. The summed E-state index contributed by atoms with van der Waals surface area (Å²) in [6.45, 7) is 8.10. The molecule has 6 atom stereocenters. The van der Waals surface area contributed by atoms with E-state index >= 15 is 0 Å². The maximum atomic E-state index is 12.9. The number of hydrogen-bond acceptors (Lipinski definition) is 9. The Hall–Kier alpha value is -1.33. The predicted octanol–water partition coefficient (Wildman–Crippen LogP) is 1.02. The molecule has 0 saturated carbocycles. The van der Waals surface area contributed by atoms with Crippen LogP contribution in [0.5, 0.6) is 0 Å². The van der Waals surface area contributed by atoms with Crippen molar-refractivity contribution in [3.05, 3.63) is 22.2 Å². The summed E-state index contributed by atoms with van der Waals surface area (Å²) in [5.41, 5.74) is 4.12. The average molecular weight is 463 g/mol. The number of ether oxygens (including phenoxy) is 1. The van der Waals surface area contributed by atoms with Crippen LogP contribution < -0.4 is 11.4 Å². The number of nitrogens with two attached hydrogens (primary N) is 1. The maximum Gasteiger partial charge on any atom is 0.359 e. The molecule has 1 aliphatic heterocycles. The molecule has 178 valence electrons. The van der Waals surface area contributed by atoms with E-state index in [4.69, 9.17) is 15.0 Å². The summed E-state index contributed by atoms with van der Waals surface area (Å²) in [6, 6.07) is 0. The summed E-state index contributed by atoms with van der Waals surface area (Å²) in [5.74, 6) is 0.0517. The number of rotatable bonds is 9. The average Bonchev–Trinajstić information content (AvgIpc) is 2.97. The smallest absolute Gasteiger partial charge is 0.359 e. The highest BCUT2D eigenvalue weighted by molar-refractivity contribution is 7.54. The Balaban J connectivity index is 2.27. The fourth-order valence-electron chi connectivity index (χ4n) is 3.59. The Morgan fingerprint density at radius 3 is 2.35 bits per heavy atom. The lowest BCUT2D eigenvalue weighted by atomic mass is 9.93. The van der Waals surface area contributed by atoms with E-state index in [0.29, 0.717) is 5.56 Å². The first-order chi connectivity index (χ1) is 14.2. The molecule has 1 saturated heterocycles. The topological polar surface area (TPSA) is 177 Å². The molecule has 1 aliphatic rings. The number of nitrogens with zero attached hydrogens (tertiary/aromatic N) is 2. The molecule has 1 aromatic rings. The third-order valence-corrected chi connectivity index (χ3v) is 8.54. The Morgan fingerprint density at radius 1 is 1.26 bits per heavy atom. The van der Waals surface area contributed by atoms with Crippen LogP contribution in [0.4, 0.5) is 5.82 Å². The van der Waals surface area contributed by atoms with Crippen molar-refractivity contribution in [1.29, 1.82) is 0 Å².